The molecule has 2 rings (SSSR count). The maximum absolute atomic E-state index is 13.3. The smallest absolute Gasteiger partial charge is 0.396 e. The largest absolute Gasteiger partial charge is 0.416 e. The van der Waals surface area contributed by atoms with Gasteiger partial charge in [-0.1, -0.05) is 0 Å². The molecular formula is C15H19F4NO2. The Balaban J connectivity index is 1.98. The number of benzene rings is 1. The lowest BCUT2D eigenvalue weighted by molar-refractivity contribution is -0.137. The Morgan fingerprint density at radius 1 is 1.18 bits per heavy atom. The Morgan fingerprint density at radius 2 is 1.86 bits per heavy atom. The van der Waals surface area contributed by atoms with Crippen LogP contribution in [0.2, 0.25) is 0 Å². The monoisotopic (exact) mass is 321 g/mol. The first-order valence-corrected chi connectivity index (χ1v) is 7.11. The Kier molecular flexibility index (Phi) is 5.41. The number of aliphatic hydroxyl groups excluding tert-OH is 1. The summed E-state index contributed by atoms with van der Waals surface area (Å²) in [7, 11) is 0. The molecule has 1 aromatic rings. The summed E-state index contributed by atoms with van der Waals surface area (Å²) < 4.78 is 56.5. The number of hydrogen-bond acceptors (Lipinski definition) is 3. The molecule has 0 amide bonds. The van der Waals surface area contributed by atoms with Gasteiger partial charge in [0.2, 0.25) is 0 Å². The summed E-state index contributed by atoms with van der Waals surface area (Å²) >= 11 is 0. The summed E-state index contributed by atoms with van der Waals surface area (Å²) in [6.45, 7) is 1.66. The first-order chi connectivity index (χ1) is 10.3. The number of ether oxygens (including phenoxy) is 1. The SMILES string of the molecule is OCC1(CNCc2cc(F)cc(C(F)(F)F)c2)CCOCC1. The minimum Gasteiger partial charge on any atom is -0.396 e. The Bertz CT molecular complexity index is 499. The lowest BCUT2D eigenvalue weighted by Crippen LogP contribution is -2.41. The molecule has 124 valence electrons. The Morgan fingerprint density at radius 3 is 2.45 bits per heavy atom. The van der Waals surface area contributed by atoms with Crippen molar-refractivity contribution in [3.8, 4) is 0 Å². The van der Waals surface area contributed by atoms with Crippen LogP contribution >= 0.6 is 0 Å². The lowest BCUT2D eigenvalue weighted by atomic mass is 9.81. The predicted octanol–water partition coefficient (Wildman–Crippen LogP) is 2.72. The molecule has 0 bridgehead atoms. The molecule has 0 atom stereocenters. The van der Waals surface area contributed by atoms with Gasteiger partial charge in [0.15, 0.2) is 0 Å². The molecule has 22 heavy (non-hydrogen) atoms. The van der Waals surface area contributed by atoms with Crippen molar-refractivity contribution in [2.24, 2.45) is 5.41 Å². The maximum Gasteiger partial charge on any atom is 0.416 e. The van der Waals surface area contributed by atoms with Gasteiger partial charge in [-0.3, -0.25) is 0 Å². The van der Waals surface area contributed by atoms with Crippen LogP contribution in [0.25, 0.3) is 0 Å². The van der Waals surface area contributed by atoms with Gasteiger partial charge >= 0.3 is 6.18 Å². The van der Waals surface area contributed by atoms with Gasteiger partial charge in [-0.25, -0.2) is 4.39 Å². The van der Waals surface area contributed by atoms with Crippen LogP contribution in [0.1, 0.15) is 24.0 Å². The van der Waals surface area contributed by atoms with Crippen LogP contribution in [0.4, 0.5) is 17.6 Å². The summed E-state index contributed by atoms with van der Waals surface area (Å²) in [5.74, 6) is -0.908. The molecule has 1 aliphatic rings. The summed E-state index contributed by atoms with van der Waals surface area (Å²) in [6, 6.07) is 2.50. The van der Waals surface area contributed by atoms with E-state index in [1.165, 1.54) is 0 Å². The van der Waals surface area contributed by atoms with Crippen molar-refractivity contribution in [2.75, 3.05) is 26.4 Å². The molecule has 0 aliphatic carbocycles. The van der Waals surface area contributed by atoms with Crippen molar-refractivity contribution >= 4 is 0 Å². The molecular weight excluding hydrogens is 302 g/mol. The van der Waals surface area contributed by atoms with E-state index in [1.54, 1.807) is 0 Å². The molecule has 1 aromatic carbocycles. The van der Waals surface area contributed by atoms with E-state index in [4.69, 9.17) is 4.74 Å². The van der Waals surface area contributed by atoms with Gasteiger partial charge in [0.1, 0.15) is 5.82 Å². The first kappa shape index (κ1) is 17.2. The zero-order chi connectivity index (χ0) is 16.2. The third-order valence-electron chi connectivity index (χ3n) is 4.00. The van der Waals surface area contributed by atoms with Crippen LogP contribution < -0.4 is 5.32 Å². The number of nitrogens with one attached hydrogen (secondary N) is 1. The lowest BCUT2D eigenvalue weighted by Gasteiger charge is -2.35. The van der Waals surface area contributed by atoms with Crippen molar-refractivity contribution in [3.05, 3.63) is 35.1 Å². The third kappa shape index (κ3) is 4.41. The van der Waals surface area contributed by atoms with E-state index in [2.05, 4.69) is 5.32 Å². The number of hydrogen-bond donors (Lipinski definition) is 2. The van der Waals surface area contributed by atoms with Gasteiger partial charge in [0.25, 0.3) is 0 Å². The standard InChI is InChI=1S/C15H19F4NO2/c16-13-6-11(5-12(7-13)15(17,18)19)8-20-9-14(10-21)1-3-22-4-2-14/h5-7,20-21H,1-4,8-10H2. The van der Waals surface area contributed by atoms with Crippen molar-refractivity contribution in [1.82, 2.24) is 5.32 Å². The quantitative estimate of drug-likeness (QED) is 0.820. The molecule has 1 heterocycles. The van der Waals surface area contributed by atoms with E-state index in [1.807, 2.05) is 0 Å². The van der Waals surface area contributed by atoms with Crippen molar-refractivity contribution in [1.29, 1.82) is 0 Å². The minimum absolute atomic E-state index is 0.0136. The highest BCUT2D eigenvalue weighted by molar-refractivity contribution is 5.26. The molecule has 0 spiro atoms. The van der Waals surface area contributed by atoms with Crippen molar-refractivity contribution in [3.63, 3.8) is 0 Å². The van der Waals surface area contributed by atoms with Crippen LogP contribution in [0.3, 0.4) is 0 Å². The first-order valence-electron chi connectivity index (χ1n) is 7.11. The van der Waals surface area contributed by atoms with Gasteiger partial charge < -0.3 is 15.2 Å². The average molecular weight is 321 g/mol. The number of halogens is 4. The zero-order valence-corrected chi connectivity index (χ0v) is 12.0. The predicted molar refractivity (Wildman–Crippen MR) is 72.7 cm³/mol. The summed E-state index contributed by atoms with van der Waals surface area (Å²) in [6.07, 6.45) is -3.19. The van der Waals surface area contributed by atoms with Crippen LogP contribution in [-0.2, 0) is 17.5 Å². The van der Waals surface area contributed by atoms with Gasteiger partial charge in [-0.05, 0) is 36.6 Å². The topological polar surface area (TPSA) is 41.5 Å². The Labute approximate surface area is 126 Å². The molecule has 7 heteroatoms. The second-order valence-corrected chi connectivity index (χ2v) is 5.72. The second-order valence-electron chi connectivity index (χ2n) is 5.72. The summed E-state index contributed by atoms with van der Waals surface area (Å²) in [4.78, 5) is 0. The van der Waals surface area contributed by atoms with Crippen LogP contribution in [0.15, 0.2) is 18.2 Å². The average Bonchev–Trinajstić information content (AvgIpc) is 2.47. The summed E-state index contributed by atoms with van der Waals surface area (Å²) in [5.41, 5.74) is -1.09. The van der Waals surface area contributed by atoms with E-state index in [0.717, 1.165) is 12.1 Å². The molecule has 0 unspecified atom stereocenters. The van der Waals surface area contributed by atoms with E-state index in [0.29, 0.717) is 38.7 Å². The molecule has 0 saturated carbocycles. The third-order valence-corrected chi connectivity index (χ3v) is 4.00. The van der Waals surface area contributed by atoms with Crippen LogP contribution in [0, 0.1) is 11.2 Å². The van der Waals surface area contributed by atoms with Crippen molar-refractivity contribution in [2.45, 2.75) is 25.6 Å². The van der Waals surface area contributed by atoms with Crippen molar-refractivity contribution < 1.29 is 27.4 Å². The number of alkyl halides is 3. The van der Waals surface area contributed by atoms with Gasteiger partial charge in [0, 0.05) is 31.7 Å². The zero-order valence-electron chi connectivity index (χ0n) is 12.0. The number of aliphatic hydroxyl groups is 1. The van der Waals surface area contributed by atoms with Gasteiger partial charge in [0.05, 0.1) is 12.2 Å². The second kappa shape index (κ2) is 6.93. The molecule has 1 fully saturated rings. The maximum atomic E-state index is 13.3. The van der Waals surface area contributed by atoms with E-state index in [-0.39, 0.29) is 24.1 Å². The minimum atomic E-state index is -4.57. The molecule has 0 radical (unpaired) electrons. The van der Waals surface area contributed by atoms with Crippen LogP contribution in [-0.4, -0.2) is 31.5 Å². The van der Waals surface area contributed by atoms with E-state index in [9.17, 15) is 22.7 Å². The molecule has 2 N–H and O–H groups in total. The Hall–Kier alpha value is -1.18. The normalized spacial score (nSPS) is 18.4. The van der Waals surface area contributed by atoms with Gasteiger partial charge in [-0.2, -0.15) is 13.2 Å². The fraction of sp³-hybridized carbons (Fsp3) is 0.600. The highest BCUT2D eigenvalue weighted by Crippen LogP contribution is 2.31. The van der Waals surface area contributed by atoms with E-state index < -0.39 is 17.6 Å². The van der Waals surface area contributed by atoms with Gasteiger partial charge in [-0.15, -0.1) is 0 Å². The highest BCUT2D eigenvalue weighted by Gasteiger charge is 2.32. The molecule has 0 aromatic heterocycles. The number of rotatable bonds is 5. The fourth-order valence-electron chi connectivity index (χ4n) is 2.58. The molecule has 1 aliphatic heterocycles. The molecule has 3 nitrogen and oxygen atoms in total. The van der Waals surface area contributed by atoms with E-state index >= 15 is 0 Å². The highest BCUT2D eigenvalue weighted by atomic mass is 19.4. The summed E-state index contributed by atoms with van der Waals surface area (Å²) in [5, 5.41) is 12.5. The van der Waals surface area contributed by atoms with Crippen LogP contribution in [0.5, 0.6) is 0 Å². The molecule has 1 saturated heterocycles. The fourth-order valence-corrected chi connectivity index (χ4v) is 2.58.